The van der Waals surface area contributed by atoms with Crippen molar-refractivity contribution in [3.63, 3.8) is 0 Å². The zero-order valence-corrected chi connectivity index (χ0v) is 13.2. The maximum absolute atomic E-state index is 12.2. The van der Waals surface area contributed by atoms with Gasteiger partial charge in [0.05, 0.1) is 27.9 Å². The molecule has 5 heteroatoms. The van der Waals surface area contributed by atoms with Gasteiger partial charge in [0.25, 0.3) is 0 Å². The topological polar surface area (TPSA) is 57.3 Å². The summed E-state index contributed by atoms with van der Waals surface area (Å²) >= 11 is 0. The highest BCUT2D eigenvalue weighted by molar-refractivity contribution is 5.84. The predicted molar refractivity (Wildman–Crippen MR) is 78.3 cm³/mol. The Kier molecular flexibility index (Phi) is 4.73. The smallest absolute Gasteiger partial charge is 0.167 e. The Morgan fingerprint density at radius 2 is 1.86 bits per heavy atom. The van der Waals surface area contributed by atoms with E-state index in [4.69, 9.17) is 18.9 Å². The summed E-state index contributed by atoms with van der Waals surface area (Å²) < 4.78 is 21.7. The van der Waals surface area contributed by atoms with Gasteiger partial charge in [0.1, 0.15) is 17.6 Å². The number of benzene rings is 1. The molecule has 116 valence electrons. The zero-order valence-electron chi connectivity index (χ0n) is 13.2. The van der Waals surface area contributed by atoms with Crippen LogP contribution in [0.3, 0.4) is 0 Å². The highest BCUT2D eigenvalue weighted by atomic mass is 16.6. The molecule has 5 nitrogen and oxygen atoms in total. The van der Waals surface area contributed by atoms with Crippen LogP contribution >= 0.6 is 0 Å². The zero-order chi connectivity index (χ0) is 15.6. The molecule has 1 fully saturated rings. The van der Waals surface area contributed by atoms with Gasteiger partial charge >= 0.3 is 0 Å². The maximum atomic E-state index is 12.2. The average molecular weight is 294 g/mol. The lowest BCUT2D eigenvalue weighted by Gasteiger charge is -2.19. The van der Waals surface area contributed by atoms with Crippen molar-refractivity contribution in [1.82, 2.24) is 0 Å². The highest BCUT2D eigenvalue weighted by Crippen LogP contribution is 2.47. The fourth-order valence-electron chi connectivity index (χ4n) is 2.33. The Bertz CT molecular complexity index is 532. The van der Waals surface area contributed by atoms with Gasteiger partial charge in [0.2, 0.25) is 0 Å². The second-order valence-electron chi connectivity index (χ2n) is 5.33. The van der Waals surface area contributed by atoms with Crippen LogP contribution in [-0.4, -0.2) is 33.7 Å². The molecule has 1 heterocycles. The van der Waals surface area contributed by atoms with Gasteiger partial charge in [-0.15, -0.1) is 0 Å². The molecule has 1 saturated heterocycles. The predicted octanol–water partition coefficient (Wildman–Crippen LogP) is 2.55. The Hall–Kier alpha value is -1.75. The van der Waals surface area contributed by atoms with Gasteiger partial charge in [-0.1, -0.05) is 13.8 Å². The minimum atomic E-state index is -0.0566. The fraction of sp³-hybridized carbons (Fsp3) is 0.562. The second kappa shape index (κ2) is 6.35. The van der Waals surface area contributed by atoms with Gasteiger partial charge < -0.3 is 18.9 Å². The molecule has 1 aromatic rings. The van der Waals surface area contributed by atoms with E-state index in [1.165, 1.54) is 0 Å². The van der Waals surface area contributed by atoms with Crippen molar-refractivity contribution < 1.29 is 23.7 Å². The van der Waals surface area contributed by atoms with Gasteiger partial charge in [0, 0.05) is 29.5 Å². The van der Waals surface area contributed by atoms with E-state index in [1.807, 2.05) is 13.8 Å². The lowest BCUT2D eigenvalue weighted by molar-refractivity contribution is -0.121. The van der Waals surface area contributed by atoms with E-state index >= 15 is 0 Å². The van der Waals surface area contributed by atoms with Crippen LogP contribution in [0.15, 0.2) is 6.07 Å². The van der Waals surface area contributed by atoms with E-state index in [-0.39, 0.29) is 17.8 Å². The number of ketones is 1. The number of carbonyl (C=O) groups excluding carboxylic acids is 1. The molecule has 0 aromatic heterocycles. The monoisotopic (exact) mass is 294 g/mol. The molecule has 0 aliphatic carbocycles. The second-order valence-corrected chi connectivity index (χ2v) is 5.33. The molecular formula is C16H22O5. The third-order valence-electron chi connectivity index (χ3n) is 3.65. The molecule has 0 saturated carbocycles. The van der Waals surface area contributed by atoms with Crippen molar-refractivity contribution in [3.8, 4) is 17.2 Å². The number of ether oxygens (including phenoxy) is 4. The lowest BCUT2D eigenvalue weighted by atomic mass is 9.94. The molecule has 21 heavy (non-hydrogen) atoms. The van der Waals surface area contributed by atoms with Gasteiger partial charge in [0.15, 0.2) is 11.5 Å². The number of rotatable bonds is 7. The summed E-state index contributed by atoms with van der Waals surface area (Å²) in [5, 5.41) is 0. The molecule has 1 aliphatic heterocycles. The van der Waals surface area contributed by atoms with Crippen molar-refractivity contribution in [1.29, 1.82) is 0 Å². The van der Waals surface area contributed by atoms with Gasteiger partial charge in [-0.25, -0.2) is 0 Å². The number of epoxide rings is 1. The Morgan fingerprint density at radius 3 is 2.29 bits per heavy atom. The first kappa shape index (κ1) is 15.6. The normalized spacial score (nSPS) is 16.8. The lowest BCUT2D eigenvalue weighted by Crippen LogP contribution is -2.13. The molecule has 1 atom stereocenters. The van der Waals surface area contributed by atoms with Crippen LogP contribution in [0.5, 0.6) is 17.2 Å². The van der Waals surface area contributed by atoms with Gasteiger partial charge in [-0.05, 0) is 0 Å². The summed E-state index contributed by atoms with van der Waals surface area (Å²) in [5.41, 5.74) is 1.69. The van der Waals surface area contributed by atoms with Crippen molar-refractivity contribution in [2.45, 2.75) is 26.4 Å². The van der Waals surface area contributed by atoms with Crippen LogP contribution in [0.25, 0.3) is 0 Å². The van der Waals surface area contributed by atoms with Crippen molar-refractivity contribution in [2.75, 3.05) is 27.9 Å². The van der Waals surface area contributed by atoms with Gasteiger partial charge in [-0.2, -0.15) is 0 Å². The number of hydrogen-bond acceptors (Lipinski definition) is 5. The summed E-state index contributed by atoms with van der Waals surface area (Å²) in [6.07, 6.45) is 0.245. The van der Waals surface area contributed by atoms with Crippen LogP contribution in [0.2, 0.25) is 0 Å². The molecular weight excluding hydrogens is 272 g/mol. The number of carbonyl (C=O) groups is 1. The minimum Gasteiger partial charge on any atom is -0.496 e. The average Bonchev–Trinajstić information content (AvgIpc) is 3.30. The van der Waals surface area contributed by atoms with Gasteiger partial charge in [-0.3, -0.25) is 4.79 Å². The van der Waals surface area contributed by atoms with Crippen molar-refractivity contribution in [3.05, 3.63) is 17.2 Å². The molecule has 2 rings (SSSR count). The SMILES string of the molecule is COc1cc(OC)c(OC)c(C2CO2)c1CC(=O)C(C)C. The standard InChI is InChI=1S/C16H22O5/c1-9(2)11(17)6-10-12(18-3)7-13(19-4)16(20-5)15(10)14-8-21-14/h7,9,14H,6,8H2,1-5H3. The van der Waals surface area contributed by atoms with E-state index in [0.717, 1.165) is 11.1 Å². The third kappa shape index (κ3) is 3.13. The molecule has 0 bridgehead atoms. The molecule has 1 aromatic carbocycles. The van der Waals surface area contributed by atoms with E-state index in [2.05, 4.69) is 0 Å². The van der Waals surface area contributed by atoms with Crippen LogP contribution in [0, 0.1) is 5.92 Å². The summed E-state index contributed by atoms with van der Waals surface area (Å²) in [6, 6.07) is 1.76. The quantitative estimate of drug-likeness (QED) is 0.723. The van der Waals surface area contributed by atoms with E-state index < -0.39 is 0 Å². The number of hydrogen-bond donors (Lipinski definition) is 0. The third-order valence-corrected chi connectivity index (χ3v) is 3.65. The summed E-state index contributed by atoms with van der Waals surface area (Å²) in [7, 11) is 4.75. The Labute approximate surface area is 125 Å². The molecule has 0 spiro atoms. The first-order valence-electron chi connectivity index (χ1n) is 6.99. The van der Waals surface area contributed by atoms with E-state index in [1.54, 1.807) is 27.4 Å². The number of Topliss-reactive ketones (excluding diaryl/α,β-unsaturated/α-hetero) is 1. The Morgan fingerprint density at radius 1 is 1.24 bits per heavy atom. The van der Waals surface area contributed by atoms with Crippen LogP contribution in [0.1, 0.15) is 31.1 Å². The number of methoxy groups -OCH3 is 3. The molecule has 0 amide bonds. The maximum Gasteiger partial charge on any atom is 0.167 e. The van der Waals surface area contributed by atoms with Crippen LogP contribution in [-0.2, 0) is 16.0 Å². The molecule has 0 radical (unpaired) electrons. The van der Waals surface area contributed by atoms with Crippen molar-refractivity contribution >= 4 is 5.78 Å². The fourth-order valence-corrected chi connectivity index (χ4v) is 2.33. The molecule has 1 unspecified atom stereocenters. The largest absolute Gasteiger partial charge is 0.496 e. The first-order chi connectivity index (χ1) is 10.0. The summed E-state index contributed by atoms with van der Waals surface area (Å²) in [4.78, 5) is 12.2. The first-order valence-corrected chi connectivity index (χ1v) is 6.99. The summed E-state index contributed by atoms with van der Waals surface area (Å²) in [5.74, 6) is 1.96. The molecule has 0 N–H and O–H groups in total. The summed E-state index contributed by atoms with van der Waals surface area (Å²) in [6.45, 7) is 4.40. The highest BCUT2D eigenvalue weighted by Gasteiger charge is 2.35. The van der Waals surface area contributed by atoms with E-state index in [0.29, 0.717) is 30.3 Å². The molecule has 1 aliphatic rings. The van der Waals surface area contributed by atoms with Crippen LogP contribution in [0.4, 0.5) is 0 Å². The van der Waals surface area contributed by atoms with E-state index in [9.17, 15) is 4.79 Å². The minimum absolute atomic E-state index is 0.0317. The van der Waals surface area contributed by atoms with Crippen molar-refractivity contribution in [2.24, 2.45) is 5.92 Å². The van der Waals surface area contributed by atoms with Crippen LogP contribution < -0.4 is 14.2 Å². The Balaban J connectivity index is 2.56.